The van der Waals surface area contributed by atoms with Crippen molar-refractivity contribution in [3.05, 3.63) is 95.3 Å². The first-order valence-electron chi connectivity index (χ1n) is 10.0. The highest BCUT2D eigenvalue weighted by atomic mass is 35.5. The molecule has 0 radical (unpaired) electrons. The quantitative estimate of drug-likeness (QED) is 0.221. The van der Waals surface area contributed by atoms with Gasteiger partial charge < -0.3 is 4.42 Å². The summed E-state index contributed by atoms with van der Waals surface area (Å²) in [6.07, 6.45) is -0.599. The van der Waals surface area contributed by atoms with Crippen LogP contribution in [-0.4, -0.2) is 21.0 Å². The molecule has 0 aliphatic heterocycles. The minimum Gasteiger partial charge on any atom is -0.454 e. The van der Waals surface area contributed by atoms with Crippen LogP contribution < -0.4 is 5.43 Å². The van der Waals surface area contributed by atoms with E-state index < -0.39 is 11.7 Å². The second kappa shape index (κ2) is 8.68. The number of benzene rings is 2. The third-order valence-electron chi connectivity index (χ3n) is 4.96. The van der Waals surface area contributed by atoms with Crippen LogP contribution in [-0.2, 0) is 6.18 Å². The first-order chi connectivity index (χ1) is 16.4. The molecule has 5 rings (SSSR count). The molecule has 0 spiro atoms. The highest BCUT2D eigenvalue weighted by Crippen LogP contribution is 2.32. The number of furan rings is 1. The summed E-state index contributed by atoms with van der Waals surface area (Å²) in [5.74, 6) is 0.537. The maximum atomic E-state index is 12.8. The van der Waals surface area contributed by atoms with Crippen molar-refractivity contribution in [1.29, 1.82) is 0 Å². The van der Waals surface area contributed by atoms with E-state index in [0.717, 1.165) is 17.1 Å². The van der Waals surface area contributed by atoms with Gasteiger partial charge in [-0.1, -0.05) is 48.0 Å². The number of anilines is 1. The SMILES string of the molecule is FC(F)(F)c1cnc(NN=Cc2cn(-c3ccccc3)nc2-c2cc3ccccc3o2)c(Cl)c1. The summed E-state index contributed by atoms with van der Waals surface area (Å²) in [7, 11) is 0. The fraction of sp³-hybridized carbons (Fsp3) is 0.0417. The van der Waals surface area contributed by atoms with Crippen LogP contribution in [0.15, 0.2) is 88.6 Å². The number of hydrogen-bond acceptors (Lipinski definition) is 5. The topological polar surface area (TPSA) is 68.2 Å². The molecule has 3 aromatic heterocycles. The lowest BCUT2D eigenvalue weighted by Crippen LogP contribution is -2.06. The molecule has 170 valence electrons. The Morgan fingerprint density at radius 1 is 1.03 bits per heavy atom. The van der Waals surface area contributed by atoms with Crippen LogP contribution >= 0.6 is 11.6 Å². The molecule has 0 aliphatic carbocycles. The lowest BCUT2D eigenvalue weighted by molar-refractivity contribution is -0.137. The maximum absolute atomic E-state index is 12.8. The van der Waals surface area contributed by atoms with E-state index >= 15 is 0 Å². The van der Waals surface area contributed by atoms with E-state index in [1.807, 2.05) is 60.7 Å². The second-order valence-electron chi connectivity index (χ2n) is 7.28. The Hall–Kier alpha value is -4.11. The number of alkyl halides is 3. The van der Waals surface area contributed by atoms with Gasteiger partial charge in [0.05, 0.1) is 22.5 Å². The molecule has 3 heterocycles. The van der Waals surface area contributed by atoms with Crippen LogP contribution in [0.2, 0.25) is 5.02 Å². The number of halogens is 4. The van der Waals surface area contributed by atoms with Crippen molar-refractivity contribution in [2.24, 2.45) is 5.10 Å². The van der Waals surface area contributed by atoms with Crippen molar-refractivity contribution in [2.45, 2.75) is 6.18 Å². The van der Waals surface area contributed by atoms with Crippen molar-refractivity contribution in [3.8, 4) is 17.1 Å². The molecule has 0 atom stereocenters. The number of fused-ring (bicyclic) bond motifs is 1. The van der Waals surface area contributed by atoms with Crippen molar-refractivity contribution in [2.75, 3.05) is 5.43 Å². The van der Waals surface area contributed by atoms with Gasteiger partial charge in [0.15, 0.2) is 11.6 Å². The van der Waals surface area contributed by atoms with Crippen LogP contribution in [0.3, 0.4) is 0 Å². The lowest BCUT2D eigenvalue weighted by Gasteiger charge is -2.08. The van der Waals surface area contributed by atoms with Gasteiger partial charge in [0.25, 0.3) is 0 Å². The number of hydrogen-bond donors (Lipinski definition) is 1. The molecule has 5 aromatic rings. The second-order valence-corrected chi connectivity index (χ2v) is 7.69. The van der Waals surface area contributed by atoms with Crippen LogP contribution in [0.5, 0.6) is 0 Å². The zero-order chi connectivity index (χ0) is 23.7. The third-order valence-corrected chi connectivity index (χ3v) is 5.25. The van der Waals surface area contributed by atoms with Gasteiger partial charge in [-0.25, -0.2) is 9.67 Å². The predicted octanol–water partition coefficient (Wildman–Crippen LogP) is 6.80. The van der Waals surface area contributed by atoms with E-state index in [9.17, 15) is 13.2 Å². The molecular weight excluding hydrogens is 467 g/mol. The van der Waals surface area contributed by atoms with Gasteiger partial charge in [0, 0.05) is 23.3 Å². The van der Waals surface area contributed by atoms with Crippen molar-refractivity contribution < 1.29 is 17.6 Å². The summed E-state index contributed by atoms with van der Waals surface area (Å²) < 4.78 is 46.2. The summed E-state index contributed by atoms with van der Waals surface area (Å²) in [6, 6.07) is 19.8. The Kier molecular flexibility index (Phi) is 5.54. The Balaban J connectivity index is 1.49. The molecule has 0 fully saturated rings. The van der Waals surface area contributed by atoms with Crippen molar-refractivity contribution >= 4 is 34.6 Å². The first kappa shape index (κ1) is 21.7. The summed E-state index contributed by atoms with van der Waals surface area (Å²) in [5.41, 5.74) is 4.34. The van der Waals surface area contributed by atoms with E-state index in [1.165, 1.54) is 6.21 Å². The van der Waals surface area contributed by atoms with Crippen LogP contribution in [0, 0.1) is 0 Å². The van der Waals surface area contributed by atoms with Crippen LogP contribution in [0.25, 0.3) is 28.1 Å². The Bertz CT molecular complexity index is 1460. The molecule has 34 heavy (non-hydrogen) atoms. The Morgan fingerprint density at radius 3 is 2.53 bits per heavy atom. The largest absolute Gasteiger partial charge is 0.454 e. The standard InChI is InChI=1S/C24H15ClF3N5O/c25-19-11-17(24(26,27)28)13-29-23(19)31-30-12-16-14-33(18-7-2-1-3-8-18)32-22(16)21-10-15-6-4-5-9-20(15)34-21/h1-14H,(H,29,31). The van der Waals surface area contributed by atoms with Gasteiger partial charge in [-0.05, 0) is 30.3 Å². The summed E-state index contributed by atoms with van der Waals surface area (Å²) in [6.45, 7) is 0. The number of pyridine rings is 1. The number of nitrogens with zero attached hydrogens (tertiary/aromatic N) is 4. The van der Waals surface area contributed by atoms with Gasteiger partial charge in [-0.2, -0.15) is 23.4 Å². The Morgan fingerprint density at radius 2 is 1.79 bits per heavy atom. The molecule has 2 aromatic carbocycles. The highest BCUT2D eigenvalue weighted by molar-refractivity contribution is 6.33. The van der Waals surface area contributed by atoms with Crippen LogP contribution in [0.1, 0.15) is 11.1 Å². The molecule has 6 nitrogen and oxygen atoms in total. The van der Waals surface area contributed by atoms with Gasteiger partial charge in [-0.15, -0.1) is 0 Å². The van der Waals surface area contributed by atoms with Crippen LogP contribution in [0.4, 0.5) is 19.0 Å². The van der Waals surface area contributed by atoms with Gasteiger partial charge in [0.1, 0.15) is 11.3 Å². The summed E-state index contributed by atoms with van der Waals surface area (Å²) >= 11 is 5.94. The molecule has 0 aliphatic rings. The molecule has 0 saturated heterocycles. The van der Waals surface area contributed by atoms with Crippen molar-refractivity contribution in [3.63, 3.8) is 0 Å². The average molecular weight is 482 g/mol. The van der Waals surface area contributed by atoms with Crippen molar-refractivity contribution in [1.82, 2.24) is 14.8 Å². The predicted molar refractivity (Wildman–Crippen MR) is 124 cm³/mol. The fourth-order valence-electron chi connectivity index (χ4n) is 3.32. The number of aromatic nitrogens is 3. The van der Waals surface area contributed by atoms with E-state index in [-0.39, 0.29) is 10.8 Å². The van der Waals surface area contributed by atoms with E-state index in [0.29, 0.717) is 28.8 Å². The van der Waals surface area contributed by atoms with E-state index in [4.69, 9.17) is 16.0 Å². The summed E-state index contributed by atoms with van der Waals surface area (Å²) in [5, 5.41) is 9.50. The molecule has 0 saturated carbocycles. The normalized spacial score (nSPS) is 12.0. The molecule has 10 heteroatoms. The summed E-state index contributed by atoms with van der Waals surface area (Å²) in [4.78, 5) is 3.72. The van der Waals surface area contributed by atoms with Gasteiger partial charge in [0.2, 0.25) is 0 Å². The molecule has 0 bridgehead atoms. The average Bonchev–Trinajstić information content (AvgIpc) is 3.44. The first-order valence-corrected chi connectivity index (χ1v) is 10.4. The monoisotopic (exact) mass is 481 g/mol. The van der Waals surface area contributed by atoms with E-state index in [2.05, 4.69) is 20.6 Å². The minimum atomic E-state index is -4.54. The van der Waals surface area contributed by atoms with Gasteiger partial charge in [-0.3, -0.25) is 5.43 Å². The Labute approximate surface area is 196 Å². The number of hydrazone groups is 1. The number of rotatable bonds is 5. The number of para-hydroxylation sites is 2. The fourth-order valence-corrected chi connectivity index (χ4v) is 3.53. The maximum Gasteiger partial charge on any atom is 0.417 e. The minimum absolute atomic E-state index is 0.00773. The van der Waals surface area contributed by atoms with Gasteiger partial charge >= 0.3 is 6.18 Å². The number of nitrogens with one attached hydrogen (secondary N) is 1. The highest BCUT2D eigenvalue weighted by Gasteiger charge is 2.31. The zero-order valence-corrected chi connectivity index (χ0v) is 18.0. The third kappa shape index (κ3) is 4.38. The molecule has 0 amide bonds. The smallest absolute Gasteiger partial charge is 0.417 e. The molecular formula is C24H15ClF3N5O. The molecule has 0 unspecified atom stereocenters. The zero-order valence-electron chi connectivity index (χ0n) is 17.3. The van der Waals surface area contributed by atoms with E-state index in [1.54, 1.807) is 10.9 Å². The molecule has 1 N–H and O–H groups in total. The lowest BCUT2D eigenvalue weighted by atomic mass is 10.2.